The van der Waals surface area contributed by atoms with Crippen LogP contribution in [0.3, 0.4) is 0 Å². The van der Waals surface area contributed by atoms with Crippen molar-refractivity contribution in [3.05, 3.63) is 64.4 Å². The van der Waals surface area contributed by atoms with Crippen molar-refractivity contribution in [2.45, 2.75) is 6.92 Å². The minimum absolute atomic E-state index is 0.102. The number of anilines is 1. The number of halogens is 2. The molecule has 1 aliphatic heterocycles. The normalized spacial score (nSPS) is 15.3. The third-order valence-corrected chi connectivity index (χ3v) is 5.69. The first-order valence-corrected chi connectivity index (χ1v) is 10.1. The third-order valence-electron chi connectivity index (χ3n) is 4.17. The highest BCUT2D eigenvalue weighted by molar-refractivity contribution is 7.84. The Balaban J connectivity index is 2.09. The SMILES string of the molecule is CCS(=O)CCN1C(=O)CN=C(c2ccccc2F)c2cc(Cl)ccc21. The fourth-order valence-electron chi connectivity index (χ4n) is 2.85. The molecular weight excluding hydrogens is 375 g/mol. The van der Waals surface area contributed by atoms with Crippen molar-refractivity contribution in [1.82, 2.24) is 0 Å². The van der Waals surface area contributed by atoms with E-state index in [-0.39, 0.29) is 12.5 Å². The van der Waals surface area contributed by atoms with Crippen LogP contribution in [-0.2, 0) is 15.6 Å². The number of benzene rings is 2. The topological polar surface area (TPSA) is 49.7 Å². The van der Waals surface area contributed by atoms with Crippen LogP contribution in [0.15, 0.2) is 47.5 Å². The van der Waals surface area contributed by atoms with E-state index in [2.05, 4.69) is 4.99 Å². The van der Waals surface area contributed by atoms with E-state index in [0.717, 1.165) is 0 Å². The Morgan fingerprint density at radius 1 is 1.23 bits per heavy atom. The van der Waals surface area contributed by atoms with Gasteiger partial charge in [-0.1, -0.05) is 30.7 Å². The van der Waals surface area contributed by atoms with Crippen molar-refractivity contribution in [2.75, 3.05) is 29.5 Å². The Kier molecular flexibility index (Phi) is 5.84. The third kappa shape index (κ3) is 3.86. The molecule has 0 bridgehead atoms. The Hall–Kier alpha value is -2.05. The van der Waals surface area contributed by atoms with Gasteiger partial charge < -0.3 is 4.90 Å². The number of carbonyl (C=O) groups is 1. The van der Waals surface area contributed by atoms with Crippen molar-refractivity contribution >= 4 is 39.7 Å². The van der Waals surface area contributed by atoms with Gasteiger partial charge in [0.25, 0.3) is 0 Å². The highest BCUT2D eigenvalue weighted by Gasteiger charge is 2.26. The molecule has 0 N–H and O–H groups in total. The number of carbonyl (C=O) groups excluding carboxylic acids is 1. The second kappa shape index (κ2) is 8.10. The molecular formula is C19H18ClFN2O2S. The molecule has 1 aliphatic rings. The van der Waals surface area contributed by atoms with Crippen molar-refractivity contribution in [1.29, 1.82) is 0 Å². The van der Waals surface area contributed by atoms with E-state index in [1.807, 2.05) is 6.92 Å². The Labute approximate surface area is 159 Å². The summed E-state index contributed by atoms with van der Waals surface area (Å²) in [6, 6.07) is 11.4. The first-order chi connectivity index (χ1) is 12.5. The summed E-state index contributed by atoms with van der Waals surface area (Å²) in [5, 5.41) is 0.472. The molecule has 2 aromatic rings. The van der Waals surface area contributed by atoms with Crippen LogP contribution >= 0.6 is 11.6 Å². The summed E-state index contributed by atoms with van der Waals surface area (Å²) in [7, 11) is -0.996. The fraction of sp³-hybridized carbons (Fsp3) is 0.263. The average Bonchev–Trinajstić information content (AvgIpc) is 2.76. The number of amides is 1. The minimum Gasteiger partial charge on any atom is -0.309 e. The van der Waals surface area contributed by atoms with Gasteiger partial charge >= 0.3 is 0 Å². The second-order valence-electron chi connectivity index (χ2n) is 5.78. The molecule has 0 saturated carbocycles. The van der Waals surface area contributed by atoms with Crippen molar-refractivity contribution < 1.29 is 13.4 Å². The predicted molar refractivity (Wildman–Crippen MR) is 104 cm³/mol. The first kappa shape index (κ1) is 18.7. The van der Waals surface area contributed by atoms with Gasteiger partial charge in [-0.25, -0.2) is 4.39 Å². The van der Waals surface area contributed by atoms with Crippen LogP contribution in [0, 0.1) is 5.82 Å². The summed E-state index contributed by atoms with van der Waals surface area (Å²) in [6.45, 7) is 2.05. The molecule has 0 fully saturated rings. The zero-order chi connectivity index (χ0) is 18.7. The van der Waals surface area contributed by atoms with Gasteiger partial charge in [-0.15, -0.1) is 0 Å². The van der Waals surface area contributed by atoms with Crippen LogP contribution in [0.4, 0.5) is 10.1 Å². The Morgan fingerprint density at radius 3 is 2.73 bits per heavy atom. The summed E-state index contributed by atoms with van der Waals surface area (Å²) in [5.74, 6) is 0.282. The maximum absolute atomic E-state index is 14.3. The van der Waals surface area contributed by atoms with E-state index in [1.165, 1.54) is 6.07 Å². The number of aliphatic imine (C=N–C) groups is 1. The zero-order valence-electron chi connectivity index (χ0n) is 14.2. The van der Waals surface area contributed by atoms with Crippen molar-refractivity contribution in [2.24, 2.45) is 4.99 Å². The lowest BCUT2D eigenvalue weighted by Crippen LogP contribution is -2.35. The first-order valence-electron chi connectivity index (χ1n) is 8.26. The lowest BCUT2D eigenvalue weighted by Gasteiger charge is -2.23. The Morgan fingerprint density at radius 2 is 2.00 bits per heavy atom. The summed E-state index contributed by atoms with van der Waals surface area (Å²) in [6.07, 6.45) is 0. The molecule has 136 valence electrons. The molecule has 0 aromatic heterocycles. The van der Waals surface area contributed by atoms with Gasteiger partial charge in [0, 0.05) is 45.0 Å². The van der Waals surface area contributed by atoms with Crippen LogP contribution in [0.2, 0.25) is 5.02 Å². The largest absolute Gasteiger partial charge is 0.309 e. The predicted octanol–water partition coefficient (Wildman–Crippen LogP) is 3.43. The molecule has 0 spiro atoms. The lowest BCUT2D eigenvalue weighted by molar-refractivity contribution is -0.117. The molecule has 26 heavy (non-hydrogen) atoms. The monoisotopic (exact) mass is 392 g/mol. The smallest absolute Gasteiger partial charge is 0.248 e. The van der Waals surface area contributed by atoms with Gasteiger partial charge in [0.15, 0.2) is 0 Å². The van der Waals surface area contributed by atoms with E-state index in [0.29, 0.717) is 45.6 Å². The second-order valence-corrected chi connectivity index (χ2v) is 8.09. The van der Waals surface area contributed by atoms with E-state index in [9.17, 15) is 13.4 Å². The minimum atomic E-state index is -0.996. The summed E-state index contributed by atoms with van der Waals surface area (Å²) >= 11 is 6.16. The highest BCUT2D eigenvalue weighted by Crippen LogP contribution is 2.30. The van der Waals surface area contributed by atoms with Crippen LogP contribution in [0.25, 0.3) is 0 Å². The van der Waals surface area contributed by atoms with Gasteiger partial charge in [-0.05, 0) is 30.3 Å². The van der Waals surface area contributed by atoms with Crippen LogP contribution in [0.1, 0.15) is 18.1 Å². The number of hydrogen-bond donors (Lipinski definition) is 0. The van der Waals surface area contributed by atoms with Crippen LogP contribution < -0.4 is 4.90 Å². The standard InChI is InChI=1S/C19H18ClFN2O2S/c1-2-26(25)10-9-23-17-8-7-13(20)11-15(17)19(22-12-18(23)24)14-5-3-4-6-16(14)21/h3-8,11H,2,9-10,12H2,1H3. The van der Waals surface area contributed by atoms with E-state index in [4.69, 9.17) is 11.6 Å². The van der Waals surface area contributed by atoms with Gasteiger partial charge in [-0.2, -0.15) is 0 Å². The lowest BCUT2D eigenvalue weighted by atomic mass is 9.99. The summed E-state index contributed by atoms with van der Waals surface area (Å²) in [4.78, 5) is 18.5. The molecule has 3 rings (SSSR count). The number of rotatable bonds is 5. The van der Waals surface area contributed by atoms with E-state index in [1.54, 1.807) is 41.3 Å². The maximum atomic E-state index is 14.3. The van der Waals surface area contributed by atoms with E-state index >= 15 is 0 Å². The highest BCUT2D eigenvalue weighted by atomic mass is 35.5. The van der Waals surface area contributed by atoms with Gasteiger partial charge in [0.1, 0.15) is 12.4 Å². The molecule has 4 nitrogen and oxygen atoms in total. The summed E-state index contributed by atoms with van der Waals surface area (Å²) in [5.41, 5.74) is 1.92. The van der Waals surface area contributed by atoms with Gasteiger partial charge in [0.2, 0.25) is 5.91 Å². The molecule has 1 heterocycles. The molecule has 1 amide bonds. The number of fused-ring (bicyclic) bond motifs is 1. The van der Waals surface area contributed by atoms with Crippen LogP contribution in [-0.4, -0.2) is 40.4 Å². The number of nitrogens with zero attached hydrogens (tertiary/aromatic N) is 2. The van der Waals surface area contributed by atoms with Crippen molar-refractivity contribution in [3.63, 3.8) is 0 Å². The molecule has 0 radical (unpaired) electrons. The average molecular weight is 393 g/mol. The van der Waals surface area contributed by atoms with Crippen molar-refractivity contribution in [3.8, 4) is 0 Å². The zero-order valence-corrected chi connectivity index (χ0v) is 15.8. The molecule has 1 unspecified atom stereocenters. The van der Waals surface area contributed by atoms with E-state index < -0.39 is 16.6 Å². The fourth-order valence-corrected chi connectivity index (χ4v) is 3.70. The van der Waals surface area contributed by atoms with Gasteiger partial charge in [-0.3, -0.25) is 14.0 Å². The molecule has 0 saturated heterocycles. The maximum Gasteiger partial charge on any atom is 0.248 e. The Bertz CT molecular complexity index is 901. The molecule has 7 heteroatoms. The van der Waals surface area contributed by atoms with Crippen LogP contribution in [0.5, 0.6) is 0 Å². The van der Waals surface area contributed by atoms with Gasteiger partial charge in [0.05, 0.1) is 11.4 Å². The number of benzodiazepines with no additional fused rings is 1. The summed E-state index contributed by atoms with van der Waals surface area (Å²) < 4.78 is 26.2. The molecule has 2 aromatic carbocycles. The molecule has 0 aliphatic carbocycles. The molecule has 1 atom stereocenters. The number of hydrogen-bond acceptors (Lipinski definition) is 3. The quantitative estimate of drug-likeness (QED) is 0.782.